The summed E-state index contributed by atoms with van der Waals surface area (Å²) in [6.45, 7) is 6.12. The first kappa shape index (κ1) is 16.9. The number of hydrogen-bond donors (Lipinski definition) is 1. The van der Waals surface area contributed by atoms with E-state index in [0.29, 0.717) is 12.2 Å². The molecule has 0 saturated heterocycles. The molecule has 0 spiro atoms. The highest BCUT2D eigenvalue weighted by Crippen LogP contribution is 2.13. The minimum atomic E-state index is -0.358. The van der Waals surface area contributed by atoms with Gasteiger partial charge in [-0.1, -0.05) is 29.8 Å². The number of nitrogens with zero attached hydrogens (tertiary/aromatic N) is 2. The van der Waals surface area contributed by atoms with E-state index in [9.17, 15) is 9.59 Å². The monoisotopic (exact) mass is 335 g/mol. The summed E-state index contributed by atoms with van der Waals surface area (Å²) in [7, 11) is 0. The maximum absolute atomic E-state index is 12.9. The van der Waals surface area contributed by atoms with Crippen LogP contribution in [0.25, 0.3) is 11.0 Å². The number of carbonyl (C=O) groups excluding carboxylic acids is 1. The standard InChI is InChI=1S/C20H21N3O2/c1-13(2)22-19(24)17-11-16-5-4-10-21-18(16)23(20(17)25)12-15-8-6-14(3)7-9-15/h4-11,13H,12H2,1-3H3,(H,22,24). The lowest BCUT2D eigenvalue weighted by Crippen LogP contribution is -2.36. The fraction of sp³-hybridized carbons (Fsp3) is 0.250. The molecular weight excluding hydrogens is 314 g/mol. The summed E-state index contributed by atoms with van der Waals surface area (Å²) in [6.07, 6.45) is 1.65. The van der Waals surface area contributed by atoms with Crippen LogP contribution in [0.4, 0.5) is 0 Å². The molecule has 0 atom stereocenters. The second-order valence-corrected chi connectivity index (χ2v) is 6.48. The highest BCUT2D eigenvalue weighted by atomic mass is 16.2. The Morgan fingerprint density at radius 1 is 1.20 bits per heavy atom. The lowest BCUT2D eigenvalue weighted by molar-refractivity contribution is 0.0941. The molecule has 1 amide bonds. The Morgan fingerprint density at radius 3 is 2.60 bits per heavy atom. The van der Waals surface area contributed by atoms with Crippen LogP contribution in [0.3, 0.4) is 0 Å². The molecule has 0 bridgehead atoms. The van der Waals surface area contributed by atoms with Crippen molar-refractivity contribution in [3.8, 4) is 0 Å². The van der Waals surface area contributed by atoms with Gasteiger partial charge in [-0.05, 0) is 44.5 Å². The molecule has 25 heavy (non-hydrogen) atoms. The second-order valence-electron chi connectivity index (χ2n) is 6.48. The van der Waals surface area contributed by atoms with Crippen LogP contribution in [0.2, 0.25) is 0 Å². The van der Waals surface area contributed by atoms with Crippen molar-refractivity contribution in [2.75, 3.05) is 0 Å². The Morgan fingerprint density at radius 2 is 1.92 bits per heavy atom. The predicted molar refractivity (Wildman–Crippen MR) is 98.9 cm³/mol. The molecule has 1 aromatic carbocycles. The number of hydrogen-bond acceptors (Lipinski definition) is 3. The number of nitrogens with one attached hydrogen (secondary N) is 1. The molecule has 0 aliphatic heterocycles. The van der Waals surface area contributed by atoms with E-state index < -0.39 is 0 Å². The number of aromatic nitrogens is 2. The lowest BCUT2D eigenvalue weighted by Gasteiger charge is -2.13. The van der Waals surface area contributed by atoms with Gasteiger partial charge in [-0.3, -0.25) is 14.2 Å². The van der Waals surface area contributed by atoms with Crippen molar-refractivity contribution in [3.63, 3.8) is 0 Å². The first-order chi connectivity index (χ1) is 12.0. The van der Waals surface area contributed by atoms with Crippen molar-refractivity contribution in [2.45, 2.75) is 33.4 Å². The molecule has 0 aliphatic rings. The van der Waals surface area contributed by atoms with Crippen LogP contribution in [0.5, 0.6) is 0 Å². The smallest absolute Gasteiger partial charge is 0.265 e. The van der Waals surface area contributed by atoms with E-state index in [1.54, 1.807) is 22.9 Å². The summed E-state index contributed by atoms with van der Waals surface area (Å²) in [4.78, 5) is 29.7. The summed E-state index contributed by atoms with van der Waals surface area (Å²) in [6, 6.07) is 13.2. The van der Waals surface area contributed by atoms with Gasteiger partial charge in [0.1, 0.15) is 11.2 Å². The molecule has 5 heteroatoms. The van der Waals surface area contributed by atoms with E-state index in [1.807, 2.05) is 51.1 Å². The average Bonchev–Trinajstić information content (AvgIpc) is 2.58. The predicted octanol–water partition coefficient (Wildman–Crippen LogP) is 2.89. The molecule has 3 rings (SSSR count). The van der Waals surface area contributed by atoms with E-state index >= 15 is 0 Å². The summed E-state index contributed by atoms with van der Waals surface area (Å²) in [5.74, 6) is -0.358. The van der Waals surface area contributed by atoms with Gasteiger partial charge in [0.05, 0.1) is 6.54 Å². The fourth-order valence-corrected chi connectivity index (χ4v) is 2.73. The minimum absolute atomic E-state index is 0.0398. The molecule has 3 aromatic rings. The Balaban J connectivity index is 2.14. The zero-order valence-corrected chi connectivity index (χ0v) is 14.6. The number of fused-ring (bicyclic) bond motifs is 1. The number of carbonyl (C=O) groups is 1. The van der Waals surface area contributed by atoms with Crippen molar-refractivity contribution in [1.82, 2.24) is 14.9 Å². The van der Waals surface area contributed by atoms with Gasteiger partial charge < -0.3 is 5.32 Å². The van der Waals surface area contributed by atoms with Crippen LogP contribution in [-0.4, -0.2) is 21.5 Å². The van der Waals surface area contributed by atoms with Gasteiger partial charge in [-0.15, -0.1) is 0 Å². The molecule has 2 aromatic heterocycles. The highest BCUT2D eigenvalue weighted by molar-refractivity contribution is 5.97. The van der Waals surface area contributed by atoms with Crippen LogP contribution in [0, 0.1) is 6.92 Å². The first-order valence-corrected chi connectivity index (χ1v) is 8.30. The minimum Gasteiger partial charge on any atom is -0.350 e. The summed E-state index contributed by atoms with van der Waals surface area (Å²) >= 11 is 0. The third kappa shape index (κ3) is 3.60. The van der Waals surface area contributed by atoms with Crippen LogP contribution in [0.15, 0.2) is 53.5 Å². The number of benzene rings is 1. The van der Waals surface area contributed by atoms with E-state index in [0.717, 1.165) is 16.5 Å². The summed E-state index contributed by atoms with van der Waals surface area (Å²) in [5.41, 5.74) is 2.53. The van der Waals surface area contributed by atoms with Gasteiger partial charge in [0.25, 0.3) is 11.5 Å². The molecule has 0 radical (unpaired) electrons. The zero-order chi connectivity index (χ0) is 18.0. The molecule has 0 aliphatic carbocycles. The van der Waals surface area contributed by atoms with Crippen LogP contribution in [0.1, 0.15) is 35.3 Å². The van der Waals surface area contributed by atoms with Crippen molar-refractivity contribution >= 4 is 16.9 Å². The molecule has 5 nitrogen and oxygen atoms in total. The van der Waals surface area contributed by atoms with E-state index in [1.165, 1.54) is 0 Å². The molecule has 2 heterocycles. The van der Waals surface area contributed by atoms with Gasteiger partial charge in [0, 0.05) is 17.6 Å². The first-order valence-electron chi connectivity index (χ1n) is 8.30. The molecule has 0 unspecified atom stereocenters. The number of aryl methyl sites for hydroxylation is 1. The van der Waals surface area contributed by atoms with Crippen molar-refractivity contribution in [2.24, 2.45) is 0 Å². The van der Waals surface area contributed by atoms with Gasteiger partial charge in [-0.25, -0.2) is 4.98 Å². The van der Waals surface area contributed by atoms with Gasteiger partial charge >= 0.3 is 0 Å². The second kappa shape index (κ2) is 6.89. The Kier molecular flexibility index (Phi) is 4.65. The van der Waals surface area contributed by atoms with Crippen molar-refractivity contribution < 1.29 is 4.79 Å². The van der Waals surface area contributed by atoms with Crippen molar-refractivity contribution in [3.05, 3.63) is 75.7 Å². The Labute approximate surface area is 146 Å². The third-order valence-corrected chi connectivity index (χ3v) is 3.97. The quantitative estimate of drug-likeness (QED) is 0.797. The average molecular weight is 335 g/mol. The summed E-state index contributed by atoms with van der Waals surface area (Å²) < 4.78 is 1.56. The maximum atomic E-state index is 12.9. The SMILES string of the molecule is Cc1ccc(Cn2c(=O)c(C(=O)NC(C)C)cc3cccnc32)cc1. The van der Waals surface area contributed by atoms with E-state index in [4.69, 9.17) is 0 Å². The zero-order valence-electron chi connectivity index (χ0n) is 14.6. The Bertz CT molecular complexity index is 972. The van der Waals surface area contributed by atoms with E-state index in [-0.39, 0.29) is 23.1 Å². The van der Waals surface area contributed by atoms with Crippen LogP contribution in [-0.2, 0) is 6.54 Å². The van der Waals surface area contributed by atoms with E-state index in [2.05, 4.69) is 10.3 Å². The lowest BCUT2D eigenvalue weighted by atomic mass is 10.1. The number of rotatable bonds is 4. The normalized spacial score (nSPS) is 11.0. The molecule has 128 valence electrons. The van der Waals surface area contributed by atoms with Gasteiger partial charge in [-0.2, -0.15) is 0 Å². The fourth-order valence-electron chi connectivity index (χ4n) is 2.73. The third-order valence-electron chi connectivity index (χ3n) is 3.97. The van der Waals surface area contributed by atoms with Crippen LogP contribution >= 0.6 is 0 Å². The number of amides is 1. The highest BCUT2D eigenvalue weighted by Gasteiger charge is 2.17. The topological polar surface area (TPSA) is 64.0 Å². The van der Waals surface area contributed by atoms with Crippen molar-refractivity contribution in [1.29, 1.82) is 0 Å². The Hall–Kier alpha value is -2.95. The molecule has 0 fully saturated rings. The molecular formula is C20H21N3O2. The maximum Gasteiger partial charge on any atom is 0.265 e. The summed E-state index contributed by atoms with van der Waals surface area (Å²) in [5, 5.41) is 3.56. The largest absolute Gasteiger partial charge is 0.350 e. The van der Waals surface area contributed by atoms with Gasteiger partial charge in [0.15, 0.2) is 0 Å². The molecule has 1 N–H and O–H groups in total. The number of pyridine rings is 2. The van der Waals surface area contributed by atoms with Gasteiger partial charge in [0.2, 0.25) is 0 Å². The molecule has 0 saturated carbocycles. The van der Waals surface area contributed by atoms with Crippen LogP contribution < -0.4 is 10.9 Å².